The maximum Gasteiger partial charge on any atom is 0.131 e. The third kappa shape index (κ3) is 4.28. The van der Waals surface area contributed by atoms with Crippen LogP contribution in [-0.4, -0.2) is 0 Å². The highest BCUT2D eigenvalue weighted by Crippen LogP contribution is 2.33. The van der Waals surface area contributed by atoms with E-state index in [1.165, 1.54) is 18.2 Å². The summed E-state index contributed by atoms with van der Waals surface area (Å²) in [4.78, 5) is 0. The van der Waals surface area contributed by atoms with Crippen molar-refractivity contribution in [2.24, 2.45) is 5.92 Å². The van der Waals surface area contributed by atoms with Crippen LogP contribution in [0.5, 0.6) is 0 Å². The topological polar surface area (TPSA) is 0 Å². The molecule has 0 spiro atoms. The second-order valence-corrected chi connectivity index (χ2v) is 5.81. The standard InChI is InChI=1S/C19H18F2.C2H6/c1-13-5-7-14(8-6-13)18-10-9-16(12-19(18)21)15-3-2-4-17(20)11-15;1-2/h2-4,7,9-13H,5-6,8H2,1H3;1-2H3. The molecule has 122 valence electrons. The predicted octanol–water partition coefficient (Wildman–Crippen LogP) is 6.86. The Labute approximate surface area is 137 Å². The van der Waals surface area contributed by atoms with Gasteiger partial charge in [0.15, 0.2) is 0 Å². The Hall–Kier alpha value is -1.96. The van der Waals surface area contributed by atoms with Gasteiger partial charge in [-0.05, 0) is 60.1 Å². The predicted molar refractivity (Wildman–Crippen MR) is 94.1 cm³/mol. The Morgan fingerprint density at radius 1 is 0.957 bits per heavy atom. The molecule has 2 heteroatoms. The fourth-order valence-corrected chi connectivity index (χ4v) is 2.83. The molecule has 3 rings (SSSR count). The number of allylic oxidation sites excluding steroid dienone is 2. The Balaban J connectivity index is 0.000000924. The molecular formula is C21H24F2. The lowest BCUT2D eigenvalue weighted by Gasteiger charge is -2.19. The van der Waals surface area contributed by atoms with Gasteiger partial charge in [-0.15, -0.1) is 0 Å². The molecule has 1 aliphatic rings. The summed E-state index contributed by atoms with van der Waals surface area (Å²) in [5.74, 6) is 0.155. The van der Waals surface area contributed by atoms with Crippen LogP contribution in [0.25, 0.3) is 16.7 Å². The van der Waals surface area contributed by atoms with E-state index >= 15 is 0 Å². The minimum atomic E-state index is -0.305. The maximum atomic E-state index is 14.4. The molecule has 2 aromatic rings. The van der Waals surface area contributed by atoms with Gasteiger partial charge in [0, 0.05) is 5.56 Å². The Morgan fingerprint density at radius 3 is 2.30 bits per heavy atom. The van der Waals surface area contributed by atoms with E-state index in [0.717, 1.165) is 24.8 Å². The van der Waals surface area contributed by atoms with E-state index in [1.807, 2.05) is 26.0 Å². The second kappa shape index (κ2) is 8.05. The van der Waals surface area contributed by atoms with Crippen LogP contribution in [0.2, 0.25) is 0 Å². The zero-order valence-corrected chi connectivity index (χ0v) is 14.1. The van der Waals surface area contributed by atoms with Gasteiger partial charge < -0.3 is 0 Å². The second-order valence-electron chi connectivity index (χ2n) is 5.81. The quantitative estimate of drug-likeness (QED) is 0.568. The Morgan fingerprint density at radius 2 is 1.70 bits per heavy atom. The molecule has 0 aromatic heterocycles. The number of hydrogen-bond acceptors (Lipinski definition) is 0. The third-order valence-corrected chi connectivity index (χ3v) is 4.15. The lowest BCUT2D eigenvalue weighted by Crippen LogP contribution is -2.02. The van der Waals surface area contributed by atoms with E-state index in [2.05, 4.69) is 13.0 Å². The first kappa shape index (κ1) is 17.4. The summed E-state index contributed by atoms with van der Waals surface area (Å²) in [7, 11) is 0. The molecule has 0 fully saturated rings. The maximum absolute atomic E-state index is 14.4. The zero-order valence-electron chi connectivity index (χ0n) is 14.1. The summed E-state index contributed by atoms with van der Waals surface area (Å²) in [5.41, 5.74) is 3.19. The van der Waals surface area contributed by atoms with E-state index in [4.69, 9.17) is 0 Å². The van der Waals surface area contributed by atoms with Crippen molar-refractivity contribution in [3.63, 3.8) is 0 Å². The summed E-state index contributed by atoms with van der Waals surface area (Å²) in [6.07, 6.45) is 5.20. The van der Waals surface area contributed by atoms with Crippen LogP contribution in [0, 0.1) is 17.6 Å². The highest BCUT2D eigenvalue weighted by Gasteiger charge is 2.15. The van der Waals surface area contributed by atoms with E-state index in [0.29, 0.717) is 22.6 Å². The molecule has 0 saturated carbocycles. The normalized spacial score (nSPS) is 17.1. The van der Waals surface area contributed by atoms with Crippen molar-refractivity contribution < 1.29 is 8.78 Å². The van der Waals surface area contributed by atoms with Gasteiger partial charge >= 0.3 is 0 Å². The highest BCUT2D eigenvalue weighted by atomic mass is 19.1. The first-order valence-corrected chi connectivity index (χ1v) is 8.38. The first-order valence-electron chi connectivity index (χ1n) is 8.38. The van der Waals surface area contributed by atoms with Gasteiger partial charge in [0.1, 0.15) is 11.6 Å². The fourth-order valence-electron chi connectivity index (χ4n) is 2.83. The van der Waals surface area contributed by atoms with Crippen LogP contribution in [0.1, 0.15) is 45.6 Å². The van der Waals surface area contributed by atoms with Gasteiger partial charge in [0.05, 0.1) is 0 Å². The number of rotatable bonds is 2. The molecule has 0 radical (unpaired) electrons. The minimum absolute atomic E-state index is 0.224. The van der Waals surface area contributed by atoms with Crippen molar-refractivity contribution in [3.8, 4) is 11.1 Å². The molecule has 23 heavy (non-hydrogen) atoms. The van der Waals surface area contributed by atoms with E-state index in [-0.39, 0.29) is 11.6 Å². The summed E-state index contributed by atoms with van der Waals surface area (Å²) in [6, 6.07) is 11.4. The van der Waals surface area contributed by atoms with Crippen molar-refractivity contribution in [3.05, 3.63) is 65.7 Å². The summed E-state index contributed by atoms with van der Waals surface area (Å²) < 4.78 is 27.6. The van der Waals surface area contributed by atoms with Crippen molar-refractivity contribution in [2.75, 3.05) is 0 Å². The molecule has 0 N–H and O–H groups in total. The Kier molecular flexibility index (Phi) is 6.09. The third-order valence-electron chi connectivity index (χ3n) is 4.15. The van der Waals surface area contributed by atoms with Crippen LogP contribution in [0.3, 0.4) is 0 Å². The monoisotopic (exact) mass is 314 g/mol. The van der Waals surface area contributed by atoms with Crippen LogP contribution >= 0.6 is 0 Å². The van der Waals surface area contributed by atoms with E-state index in [9.17, 15) is 8.78 Å². The molecule has 0 bridgehead atoms. The lowest BCUT2D eigenvalue weighted by molar-refractivity contribution is 0.531. The van der Waals surface area contributed by atoms with E-state index < -0.39 is 0 Å². The SMILES string of the molecule is CC.CC1CC=C(c2ccc(-c3cccc(F)c3)cc2F)CC1. The van der Waals surface area contributed by atoms with Gasteiger partial charge in [-0.2, -0.15) is 0 Å². The summed E-state index contributed by atoms with van der Waals surface area (Å²) >= 11 is 0. The molecule has 0 heterocycles. The largest absolute Gasteiger partial charge is 0.207 e. The van der Waals surface area contributed by atoms with Crippen LogP contribution < -0.4 is 0 Å². The van der Waals surface area contributed by atoms with Crippen LogP contribution in [-0.2, 0) is 0 Å². The van der Waals surface area contributed by atoms with Crippen molar-refractivity contribution in [2.45, 2.75) is 40.0 Å². The van der Waals surface area contributed by atoms with Gasteiger partial charge in [0.2, 0.25) is 0 Å². The van der Waals surface area contributed by atoms with Gasteiger partial charge in [-0.1, -0.05) is 51.1 Å². The fraction of sp³-hybridized carbons (Fsp3) is 0.333. The first-order chi connectivity index (χ1) is 11.1. The molecule has 0 aliphatic heterocycles. The number of hydrogen-bond donors (Lipinski definition) is 0. The van der Waals surface area contributed by atoms with Gasteiger partial charge in [-0.25, -0.2) is 8.78 Å². The summed E-state index contributed by atoms with van der Waals surface area (Å²) in [5, 5.41) is 0. The minimum Gasteiger partial charge on any atom is -0.207 e. The molecular weight excluding hydrogens is 290 g/mol. The van der Waals surface area contributed by atoms with Gasteiger partial charge in [-0.3, -0.25) is 0 Å². The van der Waals surface area contributed by atoms with Gasteiger partial charge in [0.25, 0.3) is 0 Å². The molecule has 2 aromatic carbocycles. The smallest absolute Gasteiger partial charge is 0.131 e. The van der Waals surface area contributed by atoms with Crippen LogP contribution in [0.4, 0.5) is 8.78 Å². The van der Waals surface area contributed by atoms with E-state index in [1.54, 1.807) is 12.1 Å². The van der Waals surface area contributed by atoms with Crippen LogP contribution in [0.15, 0.2) is 48.5 Å². The molecule has 1 unspecified atom stereocenters. The molecule has 1 atom stereocenters. The zero-order chi connectivity index (χ0) is 16.8. The Bertz CT molecular complexity index is 686. The number of benzene rings is 2. The highest BCUT2D eigenvalue weighted by molar-refractivity contribution is 5.71. The molecule has 0 saturated heterocycles. The summed E-state index contributed by atoms with van der Waals surface area (Å²) in [6.45, 7) is 6.22. The molecule has 0 nitrogen and oxygen atoms in total. The molecule has 1 aliphatic carbocycles. The average Bonchev–Trinajstić information content (AvgIpc) is 2.58. The van der Waals surface area contributed by atoms with Crippen molar-refractivity contribution >= 4 is 5.57 Å². The average molecular weight is 314 g/mol. The lowest BCUT2D eigenvalue weighted by atomic mass is 9.87. The number of halogens is 2. The molecule has 0 amide bonds. The van der Waals surface area contributed by atoms with Crippen molar-refractivity contribution in [1.29, 1.82) is 0 Å². The van der Waals surface area contributed by atoms with Crippen molar-refractivity contribution in [1.82, 2.24) is 0 Å².